The second-order valence-electron chi connectivity index (χ2n) is 5.78. The summed E-state index contributed by atoms with van der Waals surface area (Å²) in [6.07, 6.45) is 1.03. The number of fused-ring (bicyclic) bond motifs is 1. The number of carbonyl (C=O) groups excluding carboxylic acids is 1. The third-order valence-corrected chi connectivity index (χ3v) is 6.13. The van der Waals surface area contributed by atoms with Gasteiger partial charge in [0, 0.05) is 32.6 Å². The molecular formula is C15H20N4O4S. The fourth-order valence-corrected chi connectivity index (χ4v) is 4.42. The van der Waals surface area contributed by atoms with Crippen LogP contribution in [0.1, 0.15) is 19.8 Å². The topological polar surface area (TPSA) is 106 Å². The standard InChI is InChI=1S/C15H20N4O4S/c1-2-14(20)18-6-3-7-19(9-8-18)24(22,23)11-4-5-12-13(10-11)17-15(21)16-12/h4-5,10H,2-3,6-9H2,1H3,(H2,16,17,21). The minimum Gasteiger partial charge on any atom is -0.341 e. The van der Waals surface area contributed by atoms with Crippen molar-refractivity contribution in [3.05, 3.63) is 28.7 Å². The highest BCUT2D eigenvalue weighted by Crippen LogP contribution is 2.20. The molecule has 3 rings (SSSR count). The minimum atomic E-state index is -3.66. The number of H-pyrrole nitrogens is 2. The quantitative estimate of drug-likeness (QED) is 0.838. The summed E-state index contributed by atoms with van der Waals surface area (Å²) < 4.78 is 27.1. The number of sulfonamides is 1. The summed E-state index contributed by atoms with van der Waals surface area (Å²) in [5.74, 6) is 0.0422. The number of amides is 1. The van der Waals surface area contributed by atoms with Gasteiger partial charge in [0.15, 0.2) is 0 Å². The summed E-state index contributed by atoms with van der Waals surface area (Å²) in [5.41, 5.74) is 0.649. The Bertz CT molecular complexity index is 915. The maximum atomic E-state index is 12.9. The van der Waals surface area contributed by atoms with E-state index in [1.54, 1.807) is 17.9 Å². The Labute approximate surface area is 139 Å². The molecule has 1 aromatic carbocycles. The SMILES string of the molecule is CCC(=O)N1CCCN(S(=O)(=O)c2ccc3[nH]c(=O)[nH]c3c2)CC1. The Morgan fingerprint density at radius 1 is 1.12 bits per heavy atom. The Hall–Kier alpha value is -2.13. The lowest BCUT2D eigenvalue weighted by Crippen LogP contribution is -2.37. The van der Waals surface area contributed by atoms with E-state index in [0.29, 0.717) is 43.5 Å². The van der Waals surface area contributed by atoms with Gasteiger partial charge in [-0.05, 0) is 24.6 Å². The molecule has 1 aliphatic rings. The number of benzene rings is 1. The fourth-order valence-electron chi connectivity index (χ4n) is 2.93. The molecule has 8 nitrogen and oxygen atoms in total. The van der Waals surface area contributed by atoms with Crippen LogP contribution in [0.2, 0.25) is 0 Å². The van der Waals surface area contributed by atoms with E-state index in [4.69, 9.17) is 0 Å². The number of rotatable bonds is 3. The van der Waals surface area contributed by atoms with E-state index in [-0.39, 0.29) is 23.0 Å². The maximum absolute atomic E-state index is 12.9. The highest BCUT2D eigenvalue weighted by Gasteiger charge is 2.28. The first-order valence-corrected chi connectivity index (χ1v) is 9.36. The predicted octanol–water partition coefficient (Wildman–Crippen LogP) is 0.489. The van der Waals surface area contributed by atoms with E-state index in [0.717, 1.165) is 0 Å². The van der Waals surface area contributed by atoms with Gasteiger partial charge < -0.3 is 14.9 Å². The molecule has 0 aliphatic carbocycles. The zero-order chi connectivity index (χ0) is 17.3. The van der Waals surface area contributed by atoms with Gasteiger partial charge in [-0.25, -0.2) is 13.2 Å². The average molecular weight is 352 g/mol. The van der Waals surface area contributed by atoms with Gasteiger partial charge in [0.1, 0.15) is 0 Å². The van der Waals surface area contributed by atoms with Gasteiger partial charge in [-0.1, -0.05) is 6.92 Å². The molecule has 1 fully saturated rings. The van der Waals surface area contributed by atoms with Crippen molar-refractivity contribution in [1.29, 1.82) is 0 Å². The summed E-state index contributed by atoms with van der Waals surface area (Å²) in [4.78, 5) is 30.1. The van der Waals surface area contributed by atoms with Crippen LogP contribution in [0.5, 0.6) is 0 Å². The molecule has 0 bridgehead atoms. The largest absolute Gasteiger partial charge is 0.341 e. The van der Waals surface area contributed by atoms with E-state index in [9.17, 15) is 18.0 Å². The van der Waals surface area contributed by atoms with Crippen LogP contribution in [0.4, 0.5) is 0 Å². The third kappa shape index (κ3) is 3.09. The van der Waals surface area contributed by atoms with Gasteiger partial charge >= 0.3 is 5.69 Å². The summed E-state index contributed by atoms with van der Waals surface area (Å²) >= 11 is 0. The second-order valence-corrected chi connectivity index (χ2v) is 7.72. The number of aromatic nitrogens is 2. The van der Waals surface area contributed by atoms with Crippen LogP contribution in [0, 0.1) is 0 Å². The lowest BCUT2D eigenvalue weighted by Gasteiger charge is -2.21. The van der Waals surface area contributed by atoms with Crippen molar-refractivity contribution in [2.75, 3.05) is 26.2 Å². The van der Waals surface area contributed by atoms with E-state index in [1.807, 2.05) is 0 Å². The fraction of sp³-hybridized carbons (Fsp3) is 0.467. The van der Waals surface area contributed by atoms with Gasteiger partial charge in [0.25, 0.3) is 0 Å². The van der Waals surface area contributed by atoms with Crippen LogP contribution in [0.15, 0.2) is 27.9 Å². The van der Waals surface area contributed by atoms with Gasteiger partial charge in [-0.15, -0.1) is 0 Å². The van der Waals surface area contributed by atoms with Crippen molar-refractivity contribution >= 4 is 27.0 Å². The predicted molar refractivity (Wildman–Crippen MR) is 89.2 cm³/mol. The Balaban J connectivity index is 1.86. The first-order valence-electron chi connectivity index (χ1n) is 7.92. The van der Waals surface area contributed by atoms with Crippen molar-refractivity contribution in [3.8, 4) is 0 Å². The molecule has 0 saturated carbocycles. The monoisotopic (exact) mass is 352 g/mol. The maximum Gasteiger partial charge on any atom is 0.323 e. The van der Waals surface area contributed by atoms with E-state index in [2.05, 4.69) is 9.97 Å². The molecule has 1 amide bonds. The zero-order valence-corrected chi connectivity index (χ0v) is 14.2. The summed E-state index contributed by atoms with van der Waals surface area (Å²) in [6.45, 7) is 3.42. The molecule has 2 N–H and O–H groups in total. The molecular weight excluding hydrogens is 332 g/mol. The molecule has 9 heteroatoms. The number of carbonyl (C=O) groups is 1. The summed E-state index contributed by atoms with van der Waals surface area (Å²) in [7, 11) is -3.66. The number of imidazole rings is 1. The number of hydrogen-bond acceptors (Lipinski definition) is 4. The highest BCUT2D eigenvalue weighted by atomic mass is 32.2. The number of nitrogens with one attached hydrogen (secondary N) is 2. The first kappa shape index (κ1) is 16.7. The average Bonchev–Trinajstić information content (AvgIpc) is 2.77. The van der Waals surface area contributed by atoms with Crippen molar-refractivity contribution in [1.82, 2.24) is 19.2 Å². The van der Waals surface area contributed by atoms with Gasteiger partial charge in [0.2, 0.25) is 15.9 Å². The molecule has 24 heavy (non-hydrogen) atoms. The van der Waals surface area contributed by atoms with Gasteiger partial charge in [0.05, 0.1) is 15.9 Å². The Morgan fingerprint density at radius 3 is 2.62 bits per heavy atom. The summed E-state index contributed by atoms with van der Waals surface area (Å²) in [5, 5.41) is 0. The number of nitrogens with zero attached hydrogens (tertiary/aromatic N) is 2. The molecule has 0 radical (unpaired) electrons. The molecule has 130 valence electrons. The third-order valence-electron chi connectivity index (χ3n) is 4.24. The van der Waals surface area contributed by atoms with Crippen LogP contribution in [0.25, 0.3) is 11.0 Å². The van der Waals surface area contributed by atoms with Gasteiger partial charge in [-0.3, -0.25) is 4.79 Å². The Morgan fingerprint density at radius 2 is 1.88 bits per heavy atom. The van der Waals surface area contributed by atoms with E-state index < -0.39 is 10.0 Å². The van der Waals surface area contributed by atoms with Crippen LogP contribution in [-0.2, 0) is 14.8 Å². The Kier molecular flexibility index (Phi) is 4.46. The molecule has 1 aliphatic heterocycles. The van der Waals surface area contributed by atoms with E-state index in [1.165, 1.54) is 16.4 Å². The highest BCUT2D eigenvalue weighted by molar-refractivity contribution is 7.89. The van der Waals surface area contributed by atoms with E-state index >= 15 is 0 Å². The normalized spacial score (nSPS) is 17.1. The lowest BCUT2D eigenvalue weighted by atomic mass is 10.3. The van der Waals surface area contributed by atoms with Crippen LogP contribution in [-0.4, -0.2) is 59.7 Å². The van der Waals surface area contributed by atoms with Crippen molar-refractivity contribution in [2.45, 2.75) is 24.7 Å². The molecule has 0 unspecified atom stereocenters. The number of hydrogen-bond donors (Lipinski definition) is 2. The first-order chi connectivity index (χ1) is 11.4. The van der Waals surface area contributed by atoms with Gasteiger partial charge in [-0.2, -0.15) is 4.31 Å². The minimum absolute atomic E-state index is 0.0422. The molecule has 1 saturated heterocycles. The zero-order valence-electron chi connectivity index (χ0n) is 13.4. The molecule has 1 aromatic heterocycles. The smallest absolute Gasteiger partial charge is 0.323 e. The van der Waals surface area contributed by atoms with Crippen LogP contribution >= 0.6 is 0 Å². The molecule has 0 atom stereocenters. The van der Waals surface area contributed by atoms with Crippen molar-refractivity contribution in [2.24, 2.45) is 0 Å². The van der Waals surface area contributed by atoms with Crippen molar-refractivity contribution in [3.63, 3.8) is 0 Å². The second kappa shape index (κ2) is 6.40. The lowest BCUT2D eigenvalue weighted by molar-refractivity contribution is -0.130. The van der Waals surface area contributed by atoms with Crippen LogP contribution in [0.3, 0.4) is 0 Å². The number of aromatic amines is 2. The molecule has 2 aromatic rings. The van der Waals surface area contributed by atoms with Crippen molar-refractivity contribution < 1.29 is 13.2 Å². The molecule has 2 heterocycles. The summed E-state index contributed by atoms with van der Waals surface area (Å²) in [6, 6.07) is 4.52. The van der Waals surface area contributed by atoms with Crippen LogP contribution < -0.4 is 5.69 Å². The molecule has 0 spiro atoms.